The molecule has 2 unspecified atom stereocenters. The number of unbranched alkanes of at least 4 members (excludes halogenated alkanes) is 1. The van der Waals surface area contributed by atoms with E-state index in [1.807, 2.05) is 39.9 Å². The molecule has 2 aromatic rings. The quantitative estimate of drug-likeness (QED) is 0.863. The molecule has 2 aliphatic heterocycles. The van der Waals surface area contributed by atoms with Gasteiger partial charge in [0.15, 0.2) is 0 Å². The van der Waals surface area contributed by atoms with E-state index in [-0.39, 0.29) is 18.2 Å². The zero-order valence-corrected chi connectivity index (χ0v) is 14.4. The number of carbonyl (C=O) groups excluding carboxylic acids is 1. The van der Waals surface area contributed by atoms with Crippen molar-refractivity contribution in [2.75, 3.05) is 19.7 Å². The average Bonchev–Trinajstić information content (AvgIpc) is 3.28. The van der Waals surface area contributed by atoms with Crippen LogP contribution in [0.4, 0.5) is 4.79 Å². The summed E-state index contributed by atoms with van der Waals surface area (Å²) in [6, 6.07) is 10.2. The van der Waals surface area contributed by atoms with Gasteiger partial charge in [0.1, 0.15) is 5.69 Å². The van der Waals surface area contributed by atoms with Crippen molar-refractivity contribution in [1.82, 2.24) is 25.2 Å². The highest BCUT2D eigenvalue weighted by molar-refractivity contribution is 5.70. The van der Waals surface area contributed by atoms with Crippen LogP contribution in [0.1, 0.15) is 31.5 Å². The fraction of sp³-hybridized carbons (Fsp3) is 0.500. The minimum absolute atomic E-state index is 0.0620. The zero-order chi connectivity index (χ0) is 17.2. The number of benzene rings is 1. The molecule has 0 spiro atoms. The highest BCUT2D eigenvalue weighted by Gasteiger charge is 2.43. The van der Waals surface area contributed by atoms with Gasteiger partial charge in [-0.3, -0.25) is 4.90 Å². The minimum Gasteiger partial charge on any atom is -0.449 e. The van der Waals surface area contributed by atoms with Gasteiger partial charge >= 0.3 is 6.09 Å². The Hall–Kier alpha value is -2.41. The minimum atomic E-state index is -0.237. The molecule has 4 rings (SSSR count). The Balaban J connectivity index is 1.64. The number of rotatable bonds is 4. The summed E-state index contributed by atoms with van der Waals surface area (Å²) in [4.78, 5) is 14.5. The number of carbonyl (C=O) groups is 1. The van der Waals surface area contributed by atoms with Gasteiger partial charge in [-0.2, -0.15) is 0 Å². The normalized spacial score (nSPS) is 21.7. The van der Waals surface area contributed by atoms with Crippen molar-refractivity contribution in [3.05, 3.63) is 36.0 Å². The van der Waals surface area contributed by atoms with Crippen LogP contribution in [-0.2, 0) is 11.3 Å². The molecule has 0 bridgehead atoms. The molecule has 1 N–H and O–H groups in total. The maximum absolute atomic E-state index is 12.6. The molecule has 0 radical (unpaired) electrons. The predicted octanol–water partition coefficient (Wildman–Crippen LogP) is 2.21. The van der Waals surface area contributed by atoms with Gasteiger partial charge < -0.3 is 10.1 Å². The third kappa shape index (κ3) is 2.89. The lowest BCUT2D eigenvalue weighted by molar-refractivity contribution is 0.0645. The van der Waals surface area contributed by atoms with Gasteiger partial charge in [-0.05, 0) is 6.42 Å². The van der Waals surface area contributed by atoms with Crippen molar-refractivity contribution >= 4 is 6.09 Å². The Morgan fingerprint density at radius 1 is 1.28 bits per heavy atom. The highest BCUT2D eigenvalue weighted by Crippen LogP contribution is 2.33. The first-order chi connectivity index (χ1) is 12.3. The summed E-state index contributed by atoms with van der Waals surface area (Å²) in [5.41, 5.74) is 2.84. The highest BCUT2D eigenvalue weighted by atomic mass is 16.6. The fourth-order valence-corrected chi connectivity index (χ4v) is 3.63. The number of hydrogen-bond donors (Lipinski definition) is 1. The second kappa shape index (κ2) is 6.84. The molecule has 1 amide bonds. The third-order valence-corrected chi connectivity index (χ3v) is 4.98. The van der Waals surface area contributed by atoms with Gasteiger partial charge in [-0.15, -0.1) is 5.10 Å². The van der Waals surface area contributed by atoms with Crippen molar-refractivity contribution in [2.45, 2.75) is 38.4 Å². The smallest absolute Gasteiger partial charge is 0.410 e. The first kappa shape index (κ1) is 16.1. The standard InChI is InChI=1S/C18H23N5O2/c1-2-3-9-25-18(24)22-12-16-17(13-7-5-4-6-8-13)20-21-23(16)15-11-19-10-14(15)22/h4-8,14-15,19H,2-3,9-12H2,1H3. The maximum atomic E-state index is 12.6. The van der Waals surface area contributed by atoms with Gasteiger partial charge in [0, 0.05) is 18.7 Å². The number of nitrogens with zero attached hydrogens (tertiary/aromatic N) is 4. The van der Waals surface area contributed by atoms with Crippen LogP contribution in [0.5, 0.6) is 0 Å². The van der Waals surface area contributed by atoms with E-state index < -0.39 is 0 Å². The average molecular weight is 341 g/mol. The third-order valence-electron chi connectivity index (χ3n) is 4.98. The first-order valence-corrected chi connectivity index (χ1v) is 8.93. The molecule has 3 heterocycles. The summed E-state index contributed by atoms with van der Waals surface area (Å²) in [6.07, 6.45) is 1.66. The van der Waals surface area contributed by atoms with E-state index in [1.165, 1.54) is 0 Å². The lowest BCUT2D eigenvalue weighted by Crippen LogP contribution is -2.49. The van der Waals surface area contributed by atoms with Crippen LogP contribution in [0.25, 0.3) is 11.3 Å². The second-order valence-corrected chi connectivity index (χ2v) is 6.58. The molecular weight excluding hydrogens is 318 g/mol. The van der Waals surface area contributed by atoms with Crippen molar-refractivity contribution in [2.24, 2.45) is 0 Å². The molecule has 1 fully saturated rings. The summed E-state index contributed by atoms with van der Waals surface area (Å²) in [5.74, 6) is 0. The lowest BCUT2D eigenvalue weighted by Gasteiger charge is -2.36. The van der Waals surface area contributed by atoms with Crippen LogP contribution in [0.2, 0.25) is 0 Å². The summed E-state index contributed by atoms with van der Waals surface area (Å²) in [5, 5.41) is 12.2. The van der Waals surface area contributed by atoms with Crippen LogP contribution in [0.3, 0.4) is 0 Å². The van der Waals surface area contributed by atoms with E-state index >= 15 is 0 Å². The second-order valence-electron chi connectivity index (χ2n) is 6.58. The molecule has 0 aliphatic carbocycles. The van der Waals surface area contributed by atoms with Gasteiger partial charge in [0.25, 0.3) is 0 Å². The van der Waals surface area contributed by atoms with Crippen molar-refractivity contribution < 1.29 is 9.53 Å². The number of amides is 1. The Morgan fingerprint density at radius 3 is 2.88 bits per heavy atom. The van der Waals surface area contributed by atoms with E-state index in [4.69, 9.17) is 4.74 Å². The molecule has 7 heteroatoms. The molecule has 0 saturated carbocycles. The number of hydrogen-bond acceptors (Lipinski definition) is 5. The molecule has 1 aromatic heterocycles. The van der Waals surface area contributed by atoms with E-state index in [1.54, 1.807) is 0 Å². The van der Waals surface area contributed by atoms with Crippen LogP contribution in [-0.4, -0.2) is 51.7 Å². The van der Waals surface area contributed by atoms with Crippen molar-refractivity contribution in [1.29, 1.82) is 0 Å². The molecule has 7 nitrogen and oxygen atoms in total. The van der Waals surface area contributed by atoms with E-state index in [0.29, 0.717) is 13.2 Å². The topological polar surface area (TPSA) is 72.3 Å². The molecule has 25 heavy (non-hydrogen) atoms. The Bertz CT molecular complexity index is 745. The van der Waals surface area contributed by atoms with Crippen LogP contribution < -0.4 is 5.32 Å². The lowest BCUT2D eigenvalue weighted by atomic mass is 10.0. The van der Waals surface area contributed by atoms with Crippen LogP contribution in [0, 0.1) is 0 Å². The Labute approximate surface area is 147 Å². The predicted molar refractivity (Wildman–Crippen MR) is 93.0 cm³/mol. The summed E-state index contributed by atoms with van der Waals surface area (Å²) in [7, 11) is 0. The molecular formula is C18H23N5O2. The van der Waals surface area contributed by atoms with Gasteiger partial charge in [0.05, 0.1) is 30.9 Å². The molecule has 1 saturated heterocycles. The fourth-order valence-electron chi connectivity index (χ4n) is 3.63. The van der Waals surface area contributed by atoms with E-state index in [9.17, 15) is 4.79 Å². The molecule has 2 aliphatic rings. The number of nitrogens with one attached hydrogen (secondary N) is 1. The van der Waals surface area contributed by atoms with Crippen LogP contribution in [0.15, 0.2) is 30.3 Å². The number of aromatic nitrogens is 3. The SMILES string of the molecule is CCCCOC(=O)N1Cc2c(-c3ccccc3)nnn2C2CNCC21. The summed E-state index contributed by atoms with van der Waals surface area (Å²) < 4.78 is 7.47. The Kier molecular flexibility index (Phi) is 4.40. The van der Waals surface area contributed by atoms with Gasteiger partial charge in [-0.1, -0.05) is 48.9 Å². The van der Waals surface area contributed by atoms with E-state index in [2.05, 4.69) is 22.6 Å². The Morgan fingerprint density at radius 2 is 2.08 bits per heavy atom. The first-order valence-electron chi connectivity index (χ1n) is 8.93. The summed E-state index contributed by atoms with van der Waals surface area (Å²) >= 11 is 0. The van der Waals surface area contributed by atoms with Crippen LogP contribution >= 0.6 is 0 Å². The van der Waals surface area contributed by atoms with E-state index in [0.717, 1.165) is 42.9 Å². The molecule has 132 valence electrons. The van der Waals surface area contributed by atoms with Crippen molar-refractivity contribution in [3.63, 3.8) is 0 Å². The number of ether oxygens (including phenoxy) is 1. The molecule has 2 atom stereocenters. The van der Waals surface area contributed by atoms with Crippen molar-refractivity contribution in [3.8, 4) is 11.3 Å². The van der Waals surface area contributed by atoms with Gasteiger partial charge in [-0.25, -0.2) is 9.48 Å². The maximum Gasteiger partial charge on any atom is 0.410 e. The molecule has 1 aromatic carbocycles. The largest absolute Gasteiger partial charge is 0.449 e. The zero-order valence-electron chi connectivity index (χ0n) is 14.4. The van der Waals surface area contributed by atoms with Gasteiger partial charge in [0.2, 0.25) is 0 Å². The number of fused-ring (bicyclic) bond motifs is 3. The monoisotopic (exact) mass is 341 g/mol. The summed E-state index contributed by atoms with van der Waals surface area (Å²) in [6.45, 7) is 4.58.